The minimum absolute atomic E-state index is 0.0112. The molecule has 1 aromatic heterocycles. The summed E-state index contributed by atoms with van der Waals surface area (Å²) in [7, 11) is 1.95. The average Bonchev–Trinajstić information content (AvgIpc) is 3.15. The smallest absolute Gasteiger partial charge is 0.244 e. The first-order chi connectivity index (χ1) is 11.1. The van der Waals surface area contributed by atoms with Crippen LogP contribution in [-0.2, 0) is 17.6 Å². The summed E-state index contributed by atoms with van der Waals surface area (Å²) in [6.07, 6.45) is 3.41. The van der Waals surface area contributed by atoms with E-state index in [1.54, 1.807) is 0 Å². The number of benzene rings is 1. The van der Waals surface area contributed by atoms with Gasteiger partial charge in [0.25, 0.3) is 0 Å². The Balaban J connectivity index is 1.55. The van der Waals surface area contributed by atoms with Gasteiger partial charge in [-0.1, -0.05) is 35.5 Å². The van der Waals surface area contributed by atoms with Gasteiger partial charge >= 0.3 is 0 Å². The molecule has 1 aliphatic rings. The minimum atomic E-state index is -0.262. The molecule has 0 saturated carbocycles. The summed E-state index contributed by atoms with van der Waals surface area (Å²) >= 11 is 0. The Labute approximate surface area is 135 Å². The summed E-state index contributed by atoms with van der Waals surface area (Å²) < 4.78 is 5.39. The summed E-state index contributed by atoms with van der Waals surface area (Å²) in [4.78, 5) is 17.9. The molecular weight excluding hydrogens is 292 g/mol. The van der Waals surface area contributed by atoms with Crippen LogP contribution in [0.15, 0.2) is 34.9 Å². The van der Waals surface area contributed by atoms with Gasteiger partial charge in [0.1, 0.15) is 0 Å². The number of aromatic nitrogens is 2. The highest BCUT2D eigenvalue weighted by molar-refractivity contribution is 5.77. The lowest BCUT2D eigenvalue weighted by molar-refractivity contribution is -0.121. The molecule has 2 N–H and O–H groups in total. The lowest BCUT2D eigenvalue weighted by Gasteiger charge is -2.13. The van der Waals surface area contributed by atoms with Gasteiger partial charge in [-0.15, -0.1) is 0 Å². The zero-order chi connectivity index (χ0) is 16.2. The summed E-state index contributed by atoms with van der Waals surface area (Å²) in [5.74, 6) is 0.915. The average molecular weight is 314 g/mol. The van der Waals surface area contributed by atoms with Crippen molar-refractivity contribution in [2.75, 3.05) is 13.6 Å². The SMILES string of the molecule is CN1C[C@@H](C(N)=O)C[C@H]1c1nc(CCCc2ccccc2)no1. The quantitative estimate of drug-likeness (QED) is 0.877. The van der Waals surface area contributed by atoms with Crippen molar-refractivity contribution in [3.63, 3.8) is 0 Å². The molecular formula is C17H22N4O2. The van der Waals surface area contributed by atoms with Crippen molar-refractivity contribution in [1.82, 2.24) is 15.0 Å². The molecule has 1 aliphatic heterocycles. The van der Waals surface area contributed by atoms with E-state index in [2.05, 4.69) is 27.2 Å². The number of carbonyl (C=O) groups excluding carboxylic acids is 1. The van der Waals surface area contributed by atoms with Crippen LogP contribution in [0.25, 0.3) is 0 Å². The van der Waals surface area contributed by atoms with Gasteiger partial charge in [0.05, 0.1) is 12.0 Å². The Bertz CT molecular complexity index is 656. The number of carbonyl (C=O) groups is 1. The Morgan fingerprint density at radius 3 is 2.83 bits per heavy atom. The van der Waals surface area contributed by atoms with E-state index in [4.69, 9.17) is 10.3 Å². The van der Waals surface area contributed by atoms with Crippen molar-refractivity contribution in [1.29, 1.82) is 0 Å². The van der Waals surface area contributed by atoms with Crippen molar-refractivity contribution >= 4 is 5.91 Å². The van der Waals surface area contributed by atoms with Gasteiger partial charge in [0.15, 0.2) is 5.82 Å². The Hall–Kier alpha value is -2.21. The predicted octanol–water partition coefficient (Wildman–Crippen LogP) is 1.72. The van der Waals surface area contributed by atoms with E-state index in [0.717, 1.165) is 25.1 Å². The number of primary amides is 1. The van der Waals surface area contributed by atoms with Gasteiger partial charge in [-0.2, -0.15) is 4.98 Å². The summed E-state index contributed by atoms with van der Waals surface area (Å²) in [6.45, 7) is 0.645. The van der Waals surface area contributed by atoms with Crippen molar-refractivity contribution in [3.05, 3.63) is 47.6 Å². The molecule has 6 nitrogen and oxygen atoms in total. The Kier molecular flexibility index (Phi) is 4.71. The second kappa shape index (κ2) is 6.91. The standard InChI is InChI=1S/C17H22N4O2/c1-21-11-13(16(18)22)10-14(21)17-19-15(20-23-17)9-5-8-12-6-3-2-4-7-12/h2-4,6-7,13-14H,5,8-11H2,1H3,(H2,18,22)/t13-,14-/m0/s1. The van der Waals surface area contributed by atoms with E-state index >= 15 is 0 Å². The van der Waals surface area contributed by atoms with E-state index in [0.29, 0.717) is 18.9 Å². The molecule has 1 amide bonds. The molecule has 3 rings (SSSR count). The monoisotopic (exact) mass is 314 g/mol. The van der Waals surface area contributed by atoms with Crippen molar-refractivity contribution < 1.29 is 9.32 Å². The molecule has 0 unspecified atom stereocenters. The molecule has 2 aromatic rings. The lowest BCUT2D eigenvalue weighted by Crippen LogP contribution is -2.25. The lowest BCUT2D eigenvalue weighted by atomic mass is 10.1. The van der Waals surface area contributed by atoms with Crippen LogP contribution in [0.1, 0.15) is 36.2 Å². The van der Waals surface area contributed by atoms with Crippen molar-refractivity contribution in [3.8, 4) is 0 Å². The van der Waals surface area contributed by atoms with Gasteiger partial charge in [-0.25, -0.2) is 0 Å². The third-order valence-electron chi connectivity index (χ3n) is 4.43. The zero-order valence-corrected chi connectivity index (χ0v) is 13.3. The highest BCUT2D eigenvalue weighted by Gasteiger charge is 2.36. The van der Waals surface area contributed by atoms with Crippen molar-refractivity contribution in [2.24, 2.45) is 11.7 Å². The number of hydrogen-bond donors (Lipinski definition) is 1. The fourth-order valence-corrected chi connectivity index (χ4v) is 3.09. The maximum Gasteiger partial charge on any atom is 0.244 e. The number of nitrogens with two attached hydrogens (primary N) is 1. The maximum atomic E-state index is 11.3. The fourth-order valence-electron chi connectivity index (χ4n) is 3.09. The minimum Gasteiger partial charge on any atom is -0.369 e. The third-order valence-corrected chi connectivity index (χ3v) is 4.43. The fraction of sp³-hybridized carbons (Fsp3) is 0.471. The molecule has 122 valence electrons. The molecule has 0 bridgehead atoms. The summed E-state index contributed by atoms with van der Waals surface area (Å²) in [5, 5.41) is 4.07. The predicted molar refractivity (Wildman–Crippen MR) is 85.4 cm³/mol. The Morgan fingerprint density at radius 2 is 2.13 bits per heavy atom. The van der Waals surface area contributed by atoms with Crippen LogP contribution < -0.4 is 5.73 Å². The normalized spacial score (nSPS) is 21.6. The number of nitrogens with zero attached hydrogens (tertiary/aromatic N) is 3. The van der Waals surface area contributed by atoms with Gasteiger partial charge in [0.2, 0.25) is 11.8 Å². The van der Waals surface area contributed by atoms with Crippen LogP contribution in [0, 0.1) is 5.92 Å². The topological polar surface area (TPSA) is 85.2 Å². The maximum absolute atomic E-state index is 11.3. The number of aryl methyl sites for hydroxylation is 2. The first-order valence-corrected chi connectivity index (χ1v) is 7.99. The molecule has 0 spiro atoms. The highest BCUT2D eigenvalue weighted by Crippen LogP contribution is 2.33. The van der Waals surface area contributed by atoms with Gasteiger partial charge in [0, 0.05) is 13.0 Å². The van der Waals surface area contributed by atoms with Crippen molar-refractivity contribution in [2.45, 2.75) is 31.7 Å². The van der Waals surface area contributed by atoms with Gasteiger partial charge in [-0.3, -0.25) is 9.69 Å². The first kappa shape index (κ1) is 15.7. The van der Waals surface area contributed by atoms with Crippen LogP contribution in [0.5, 0.6) is 0 Å². The number of rotatable bonds is 6. The molecule has 1 saturated heterocycles. The van der Waals surface area contributed by atoms with Crippen LogP contribution in [0.2, 0.25) is 0 Å². The molecule has 0 aliphatic carbocycles. The van der Waals surface area contributed by atoms with E-state index in [1.165, 1.54) is 5.56 Å². The molecule has 1 aromatic carbocycles. The molecule has 0 radical (unpaired) electrons. The number of hydrogen-bond acceptors (Lipinski definition) is 5. The van der Waals surface area contributed by atoms with Gasteiger partial charge < -0.3 is 10.3 Å². The third kappa shape index (κ3) is 3.76. The molecule has 6 heteroatoms. The molecule has 23 heavy (non-hydrogen) atoms. The van der Waals surface area contributed by atoms with Gasteiger partial charge in [-0.05, 0) is 31.9 Å². The molecule has 2 heterocycles. The second-order valence-corrected chi connectivity index (χ2v) is 6.18. The van der Waals surface area contributed by atoms with Crippen LogP contribution in [0.3, 0.4) is 0 Å². The van der Waals surface area contributed by atoms with Crippen LogP contribution in [-0.4, -0.2) is 34.5 Å². The Morgan fingerprint density at radius 1 is 1.35 bits per heavy atom. The summed E-state index contributed by atoms with van der Waals surface area (Å²) in [6, 6.07) is 10.4. The molecule has 2 atom stereocenters. The largest absolute Gasteiger partial charge is 0.369 e. The van der Waals surface area contributed by atoms with E-state index in [9.17, 15) is 4.79 Å². The molecule has 1 fully saturated rings. The highest BCUT2D eigenvalue weighted by atomic mass is 16.5. The second-order valence-electron chi connectivity index (χ2n) is 6.18. The van der Waals surface area contributed by atoms with Crippen LogP contribution >= 0.6 is 0 Å². The summed E-state index contributed by atoms with van der Waals surface area (Å²) in [5.41, 5.74) is 6.71. The zero-order valence-electron chi connectivity index (χ0n) is 13.3. The van der Waals surface area contributed by atoms with E-state index in [-0.39, 0.29) is 17.9 Å². The van der Waals surface area contributed by atoms with E-state index < -0.39 is 0 Å². The van der Waals surface area contributed by atoms with Crippen LogP contribution in [0.4, 0.5) is 0 Å². The first-order valence-electron chi connectivity index (χ1n) is 7.99. The number of amides is 1. The number of likely N-dealkylation sites (tertiary alicyclic amines) is 1. The van der Waals surface area contributed by atoms with E-state index in [1.807, 2.05) is 25.2 Å².